The minimum absolute atomic E-state index is 0.250. The minimum atomic E-state index is -0.954. The van der Waals surface area contributed by atoms with E-state index in [-0.39, 0.29) is 19.8 Å². The average molecular weight is 276 g/mol. The topological polar surface area (TPSA) is 110 Å². The van der Waals surface area contributed by atoms with Crippen LogP contribution >= 0.6 is 0 Å². The standard InChI is InChI=1S/C8H10O2.C3H8O3.C2H6O/c1-7(9)10-8-5-3-2-4-6-8;4-1-3(6)2-5;1-2-3/h2-7,9H,1H3;3-6H,1-2H2;3H,2H2,1H3. The Morgan fingerprint density at radius 1 is 1.00 bits per heavy atom. The van der Waals surface area contributed by atoms with E-state index < -0.39 is 12.4 Å². The molecule has 0 aliphatic carbocycles. The Kier molecular flexibility index (Phi) is 15.8. The van der Waals surface area contributed by atoms with Crippen LogP contribution in [0.25, 0.3) is 0 Å². The van der Waals surface area contributed by atoms with Gasteiger partial charge < -0.3 is 30.3 Å². The van der Waals surface area contributed by atoms with Gasteiger partial charge in [0.05, 0.1) is 13.2 Å². The summed E-state index contributed by atoms with van der Waals surface area (Å²) in [5.74, 6) is 0.692. The normalized spacial score (nSPS) is 10.7. The molecule has 0 spiro atoms. The summed E-state index contributed by atoms with van der Waals surface area (Å²) < 4.78 is 4.97. The van der Waals surface area contributed by atoms with Gasteiger partial charge in [-0.15, -0.1) is 0 Å². The van der Waals surface area contributed by atoms with Crippen LogP contribution < -0.4 is 4.74 Å². The van der Waals surface area contributed by atoms with Crippen LogP contribution in [0, 0.1) is 0 Å². The fourth-order valence-electron chi connectivity index (χ4n) is 0.754. The molecule has 0 radical (unpaired) electrons. The minimum Gasteiger partial charge on any atom is -0.465 e. The highest BCUT2D eigenvalue weighted by Gasteiger charge is 1.94. The Labute approximate surface area is 113 Å². The van der Waals surface area contributed by atoms with Crippen molar-refractivity contribution in [3.05, 3.63) is 30.3 Å². The Bertz CT molecular complexity index is 261. The van der Waals surface area contributed by atoms with Crippen molar-refractivity contribution in [2.24, 2.45) is 0 Å². The van der Waals surface area contributed by atoms with Gasteiger partial charge >= 0.3 is 0 Å². The monoisotopic (exact) mass is 276 g/mol. The van der Waals surface area contributed by atoms with Crippen molar-refractivity contribution in [1.82, 2.24) is 0 Å². The van der Waals surface area contributed by atoms with Crippen molar-refractivity contribution < 1.29 is 30.3 Å². The molecule has 6 heteroatoms. The molecule has 1 rings (SSSR count). The fraction of sp³-hybridized carbons (Fsp3) is 0.538. The van der Waals surface area contributed by atoms with Crippen molar-refractivity contribution in [3.8, 4) is 5.75 Å². The highest BCUT2D eigenvalue weighted by atomic mass is 16.6. The predicted molar refractivity (Wildman–Crippen MR) is 71.7 cm³/mol. The summed E-state index contributed by atoms with van der Waals surface area (Å²) in [7, 11) is 0. The van der Waals surface area contributed by atoms with E-state index in [1.807, 2.05) is 18.2 Å². The molecule has 5 N–H and O–H groups in total. The summed E-state index contributed by atoms with van der Waals surface area (Å²) in [6.07, 6.45) is -1.69. The smallest absolute Gasteiger partial charge is 0.194 e. The first-order valence-corrected chi connectivity index (χ1v) is 5.92. The molecule has 1 aromatic rings. The third-order valence-electron chi connectivity index (χ3n) is 1.47. The van der Waals surface area contributed by atoms with Crippen molar-refractivity contribution in [2.45, 2.75) is 26.2 Å². The van der Waals surface area contributed by atoms with E-state index in [0.717, 1.165) is 0 Å². The molecule has 0 amide bonds. The molecule has 6 nitrogen and oxygen atoms in total. The van der Waals surface area contributed by atoms with E-state index >= 15 is 0 Å². The first-order chi connectivity index (χ1) is 9.01. The molecule has 0 fully saturated rings. The lowest BCUT2D eigenvalue weighted by molar-refractivity contribution is -0.000289. The van der Waals surface area contributed by atoms with Crippen LogP contribution in [0.1, 0.15) is 13.8 Å². The van der Waals surface area contributed by atoms with Gasteiger partial charge in [-0.3, -0.25) is 0 Å². The maximum absolute atomic E-state index is 8.78. The third-order valence-corrected chi connectivity index (χ3v) is 1.47. The van der Waals surface area contributed by atoms with Crippen molar-refractivity contribution in [3.63, 3.8) is 0 Å². The largest absolute Gasteiger partial charge is 0.465 e. The Balaban J connectivity index is 0. The van der Waals surface area contributed by atoms with Gasteiger partial charge in [0.25, 0.3) is 0 Å². The number of benzene rings is 1. The average Bonchev–Trinajstić information content (AvgIpc) is 2.40. The molecular weight excluding hydrogens is 252 g/mol. The summed E-state index contributed by atoms with van der Waals surface area (Å²) in [4.78, 5) is 0. The highest BCUT2D eigenvalue weighted by molar-refractivity contribution is 5.20. The van der Waals surface area contributed by atoms with Crippen LogP contribution in [-0.2, 0) is 0 Å². The predicted octanol–water partition coefficient (Wildman–Crippen LogP) is -0.266. The number of rotatable bonds is 4. The summed E-state index contributed by atoms with van der Waals surface area (Å²) in [5, 5.41) is 40.4. The second-order valence-electron chi connectivity index (χ2n) is 3.37. The number of aliphatic hydroxyl groups excluding tert-OH is 5. The molecule has 0 bridgehead atoms. The van der Waals surface area contributed by atoms with Crippen molar-refractivity contribution >= 4 is 0 Å². The zero-order valence-corrected chi connectivity index (χ0v) is 11.3. The molecule has 0 saturated heterocycles. The zero-order valence-electron chi connectivity index (χ0n) is 11.3. The van der Waals surface area contributed by atoms with Gasteiger partial charge in [0.2, 0.25) is 0 Å². The second-order valence-corrected chi connectivity index (χ2v) is 3.37. The Morgan fingerprint density at radius 2 is 1.42 bits per heavy atom. The molecule has 0 heterocycles. The molecule has 0 saturated carbocycles. The number of ether oxygens (including phenoxy) is 1. The lowest BCUT2D eigenvalue weighted by Crippen LogP contribution is -2.15. The molecular formula is C13H24O6. The maximum Gasteiger partial charge on any atom is 0.194 e. The van der Waals surface area contributed by atoms with E-state index in [2.05, 4.69) is 0 Å². The quantitative estimate of drug-likeness (QED) is 0.484. The van der Waals surface area contributed by atoms with Crippen LogP contribution in [0.3, 0.4) is 0 Å². The molecule has 0 aliphatic rings. The van der Waals surface area contributed by atoms with Gasteiger partial charge in [0.15, 0.2) is 6.29 Å². The Hall–Kier alpha value is -1.18. The Morgan fingerprint density at radius 3 is 1.68 bits per heavy atom. The zero-order chi connectivity index (χ0) is 15.1. The van der Waals surface area contributed by atoms with E-state index in [0.29, 0.717) is 5.75 Å². The third kappa shape index (κ3) is 16.8. The number of hydrogen-bond donors (Lipinski definition) is 5. The van der Waals surface area contributed by atoms with Crippen LogP contribution in [0.15, 0.2) is 30.3 Å². The van der Waals surface area contributed by atoms with E-state index in [4.69, 9.17) is 30.3 Å². The van der Waals surface area contributed by atoms with Gasteiger partial charge in [0, 0.05) is 6.61 Å². The van der Waals surface area contributed by atoms with E-state index in [1.54, 1.807) is 26.0 Å². The molecule has 1 aromatic carbocycles. The summed E-state index contributed by atoms with van der Waals surface area (Å²) in [6.45, 7) is 2.78. The number of aliphatic hydroxyl groups is 5. The first kappa shape index (κ1) is 20.1. The van der Waals surface area contributed by atoms with Crippen molar-refractivity contribution in [2.75, 3.05) is 19.8 Å². The lowest BCUT2D eigenvalue weighted by atomic mass is 10.3. The van der Waals surface area contributed by atoms with Gasteiger partial charge in [-0.2, -0.15) is 0 Å². The highest BCUT2D eigenvalue weighted by Crippen LogP contribution is 2.09. The maximum atomic E-state index is 8.78. The fourth-order valence-corrected chi connectivity index (χ4v) is 0.754. The van der Waals surface area contributed by atoms with Gasteiger partial charge in [-0.1, -0.05) is 18.2 Å². The second kappa shape index (κ2) is 14.9. The van der Waals surface area contributed by atoms with Crippen LogP contribution in [-0.4, -0.2) is 57.7 Å². The lowest BCUT2D eigenvalue weighted by Gasteiger charge is -2.06. The number of hydrogen-bond acceptors (Lipinski definition) is 6. The van der Waals surface area contributed by atoms with Gasteiger partial charge in [0.1, 0.15) is 11.9 Å². The molecule has 0 aliphatic heterocycles. The van der Waals surface area contributed by atoms with E-state index in [1.165, 1.54) is 0 Å². The molecule has 19 heavy (non-hydrogen) atoms. The summed E-state index contributed by atoms with van der Waals surface area (Å²) in [6, 6.07) is 9.21. The van der Waals surface area contributed by atoms with E-state index in [9.17, 15) is 0 Å². The SMILES string of the molecule is CC(O)Oc1ccccc1.CCO.OCC(O)CO. The van der Waals surface area contributed by atoms with Gasteiger partial charge in [-0.05, 0) is 26.0 Å². The molecule has 1 atom stereocenters. The van der Waals surface area contributed by atoms with Crippen LogP contribution in [0.4, 0.5) is 0 Å². The summed E-state index contributed by atoms with van der Waals surface area (Å²) >= 11 is 0. The molecule has 112 valence electrons. The molecule has 1 unspecified atom stereocenters. The molecule has 0 aromatic heterocycles. The van der Waals surface area contributed by atoms with Crippen LogP contribution in [0.5, 0.6) is 5.75 Å². The van der Waals surface area contributed by atoms with Crippen LogP contribution in [0.2, 0.25) is 0 Å². The summed E-state index contributed by atoms with van der Waals surface area (Å²) in [5.41, 5.74) is 0. The van der Waals surface area contributed by atoms with Crippen molar-refractivity contribution in [1.29, 1.82) is 0 Å². The van der Waals surface area contributed by atoms with Gasteiger partial charge in [-0.25, -0.2) is 0 Å². The first-order valence-electron chi connectivity index (χ1n) is 5.92. The number of para-hydroxylation sites is 1.